The first-order chi connectivity index (χ1) is 27.3. The minimum atomic E-state index is -0.144. The Balaban J connectivity index is 1.21. The van der Waals surface area contributed by atoms with Crippen molar-refractivity contribution in [2.45, 2.75) is 38.5 Å². The summed E-state index contributed by atoms with van der Waals surface area (Å²) in [5, 5.41) is 2.27. The summed E-state index contributed by atoms with van der Waals surface area (Å²) >= 11 is 0. The fourth-order valence-corrected chi connectivity index (χ4v) is 9.99. The maximum absolute atomic E-state index is 6.46. The van der Waals surface area contributed by atoms with E-state index in [0.29, 0.717) is 0 Å². The Kier molecular flexibility index (Phi) is 6.98. The van der Waals surface area contributed by atoms with Gasteiger partial charge in [0.2, 0.25) is 0 Å². The summed E-state index contributed by atoms with van der Waals surface area (Å²) in [5.41, 5.74) is 20.3. The van der Waals surface area contributed by atoms with Crippen molar-refractivity contribution in [2.75, 3.05) is 4.90 Å². The molecule has 2 aliphatic carbocycles. The van der Waals surface area contributed by atoms with Gasteiger partial charge in [-0.15, -0.1) is 0 Å². The Morgan fingerprint density at radius 1 is 0.357 bits per heavy atom. The molecule has 2 nitrogen and oxygen atoms in total. The molecule has 9 aromatic rings. The van der Waals surface area contributed by atoms with Crippen molar-refractivity contribution in [3.05, 3.63) is 198 Å². The van der Waals surface area contributed by atoms with Gasteiger partial charge in [-0.1, -0.05) is 167 Å². The summed E-state index contributed by atoms with van der Waals surface area (Å²) < 4.78 is 6.46. The van der Waals surface area contributed by atoms with Gasteiger partial charge in [0.25, 0.3) is 0 Å². The van der Waals surface area contributed by atoms with Crippen LogP contribution in [0.5, 0.6) is 0 Å². The Morgan fingerprint density at radius 3 is 1.57 bits per heavy atom. The molecule has 0 spiro atoms. The smallest absolute Gasteiger partial charge is 0.136 e. The van der Waals surface area contributed by atoms with Crippen molar-refractivity contribution in [1.82, 2.24) is 0 Å². The molecule has 0 saturated carbocycles. The van der Waals surface area contributed by atoms with Crippen LogP contribution in [-0.4, -0.2) is 0 Å². The minimum Gasteiger partial charge on any atom is -0.456 e. The number of furan rings is 1. The van der Waals surface area contributed by atoms with E-state index in [-0.39, 0.29) is 10.8 Å². The Hall–Kier alpha value is -6.64. The van der Waals surface area contributed by atoms with Crippen LogP contribution in [0.3, 0.4) is 0 Å². The van der Waals surface area contributed by atoms with Gasteiger partial charge in [0.15, 0.2) is 0 Å². The second kappa shape index (κ2) is 11.9. The SMILES string of the molecule is CC1(C)c2ccccc2-c2c(-c3ccccc3N(c3ccccc3-c3ccc4c(c3)oc3ccccc34)c3cccc4c3-c3ccccc3C4(C)C)cccc21. The molecule has 0 atom stereocenters. The van der Waals surface area contributed by atoms with Crippen LogP contribution >= 0.6 is 0 Å². The van der Waals surface area contributed by atoms with E-state index in [9.17, 15) is 0 Å². The van der Waals surface area contributed by atoms with Gasteiger partial charge in [0.1, 0.15) is 11.2 Å². The lowest BCUT2D eigenvalue weighted by molar-refractivity contribution is 0.660. The second-order valence-electron chi connectivity index (χ2n) is 16.4. The van der Waals surface area contributed by atoms with E-state index in [4.69, 9.17) is 4.42 Å². The van der Waals surface area contributed by atoms with Crippen molar-refractivity contribution in [3.63, 3.8) is 0 Å². The molecular weight excluding hydrogens is 679 g/mol. The zero-order valence-corrected chi connectivity index (χ0v) is 32.1. The minimum absolute atomic E-state index is 0.103. The third-order valence-electron chi connectivity index (χ3n) is 12.7. The van der Waals surface area contributed by atoms with Crippen molar-refractivity contribution in [3.8, 4) is 44.5 Å². The molecule has 2 heteroatoms. The predicted molar refractivity (Wildman–Crippen MR) is 234 cm³/mol. The number of benzene rings is 8. The molecular formula is C54H41NO. The van der Waals surface area contributed by atoms with Crippen molar-refractivity contribution in [1.29, 1.82) is 0 Å². The number of nitrogens with zero attached hydrogens (tertiary/aromatic N) is 1. The van der Waals surface area contributed by atoms with E-state index >= 15 is 0 Å². The average molecular weight is 720 g/mol. The van der Waals surface area contributed by atoms with E-state index in [1.54, 1.807) is 0 Å². The number of fused-ring (bicyclic) bond motifs is 9. The molecule has 0 bridgehead atoms. The van der Waals surface area contributed by atoms with E-state index in [2.05, 4.69) is 202 Å². The van der Waals surface area contributed by atoms with Crippen LogP contribution in [0, 0.1) is 0 Å². The quantitative estimate of drug-likeness (QED) is 0.176. The number of anilines is 3. The van der Waals surface area contributed by atoms with Crippen molar-refractivity contribution >= 4 is 39.0 Å². The third-order valence-corrected chi connectivity index (χ3v) is 12.7. The van der Waals surface area contributed by atoms with E-state index in [1.807, 2.05) is 6.07 Å². The first-order valence-electron chi connectivity index (χ1n) is 19.7. The van der Waals surface area contributed by atoms with Crippen LogP contribution in [-0.2, 0) is 10.8 Å². The third kappa shape index (κ3) is 4.56. The topological polar surface area (TPSA) is 16.4 Å². The van der Waals surface area contributed by atoms with E-state index < -0.39 is 0 Å². The highest BCUT2D eigenvalue weighted by Crippen LogP contribution is 2.57. The molecule has 0 fully saturated rings. The summed E-state index contributed by atoms with van der Waals surface area (Å²) in [4.78, 5) is 2.54. The lowest BCUT2D eigenvalue weighted by Crippen LogP contribution is -2.16. The van der Waals surface area contributed by atoms with Crippen LogP contribution in [0.25, 0.3) is 66.4 Å². The Bertz CT molecular complexity index is 3050. The summed E-state index contributed by atoms with van der Waals surface area (Å²) in [6.07, 6.45) is 0. The second-order valence-corrected chi connectivity index (χ2v) is 16.4. The molecule has 1 aromatic heterocycles. The van der Waals surface area contributed by atoms with Crippen LogP contribution in [0.1, 0.15) is 49.9 Å². The molecule has 1 heterocycles. The van der Waals surface area contributed by atoms with Crippen LogP contribution in [0.4, 0.5) is 17.1 Å². The summed E-state index contributed by atoms with van der Waals surface area (Å²) in [7, 11) is 0. The molecule has 0 amide bonds. The van der Waals surface area contributed by atoms with Gasteiger partial charge >= 0.3 is 0 Å². The standard InChI is InChI=1S/C54H41NO/c1-53(2)42-23-10-5-20-40(42)51-39(22-15-25-44(51)53)36-18-8-13-28-47(36)55(48-29-16-26-45-52(48)41-21-6-11-24-43(41)54(45,3)4)46-27-12-7-17-35(46)34-31-32-38-37-19-9-14-30-49(37)56-50(38)33-34/h5-33H,1-4H3. The van der Waals surface area contributed by atoms with E-state index in [1.165, 1.54) is 61.3 Å². The maximum Gasteiger partial charge on any atom is 0.136 e. The number of para-hydroxylation sites is 3. The zero-order chi connectivity index (χ0) is 37.8. The van der Waals surface area contributed by atoms with Crippen molar-refractivity contribution < 1.29 is 4.42 Å². The molecule has 11 rings (SSSR count). The van der Waals surface area contributed by atoms with Crippen LogP contribution < -0.4 is 4.90 Å². The molecule has 0 radical (unpaired) electrons. The molecule has 268 valence electrons. The van der Waals surface area contributed by atoms with E-state index in [0.717, 1.165) is 44.4 Å². The summed E-state index contributed by atoms with van der Waals surface area (Å²) in [5.74, 6) is 0. The highest BCUT2D eigenvalue weighted by molar-refractivity contribution is 6.07. The maximum atomic E-state index is 6.46. The zero-order valence-electron chi connectivity index (χ0n) is 32.1. The fraction of sp³-hybridized carbons (Fsp3) is 0.111. The molecule has 8 aromatic carbocycles. The Labute approximate surface area is 328 Å². The molecule has 2 aliphatic rings. The molecule has 0 N–H and O–H groups in total. The predicted octanol–water partition coefficient (Wildman–Crippen LogP) is 15.0. The van der Waals surface area contributed by atoms with Crippen LogP contribution in [0.15, 0.2) is 180 Å². The Morgan fingerprint density at radius 2 is 0.839 bits per heavy atom. The fourth-order valence-electron chi connectivity index (χ4n) is 9.99. The number of rotatable bonds is 5. The largest absolute Gasteiger partial charge is 0.456 e. The van der Waals surface area contributed by atoms with Crippen LogP contribution in [0.2, 0.25) is 0 Å². The lowest BCUT2D eigenvalue weighted by atomic mass is 9.82. The first kappa shape index (κ1) is 32.8. The molecule has 56 heavy (non-hydrogen) atoms. The first-order valence-corrected chi connectivity index (χ1v) is 19.7. The summed E-state index contributed by atoms with van der Waals surface area (Å²) in [6.45, 7) is 9.45. The summed E-state index contributed by atoms with van der Waals surface area (Å²) in [6, 6.07) is 64.6. The van der Waals surface area contributed by atoms with Gasteiger partial charge in [-0.25, -0.2) is 0 Å². The van der Waals surface area contributed by atoms with Gasteiger partial charge in [-0.2, -0.15) is 0 Å². The highest BCUT2D eigenvalue weighted by Gasteiger charge is 2.39. The molecule has 0 saturated heterocycles. The number of hydrogen-bond acceptors (Lipinski definition) is 2. The van der Waals surface area contributed by atoms with Gasteiger partial charge in [0, 0.05) is 38.3 Å². The van der Waals surface area contributed by atoms with Gasteiger partial charge in [0.05, 0.1) is 17.1 Å². The van der Waals surface area contributed by atoms with Crippen molar-refractivity contribution in [2.24, 2.45) is 0 Å². The normalized spacial score (nSPS) is 14.4. The van der Waals surface area contributed by atoms with Gasteiger partial charge in [-0.3, -0.25) is 0 Å². The molecule has 0 aliphatic heterocycles. The van der Waals surface area contributed by atoms with Gasteiger partial charge < -0.3 is 9.32 Å². The molecule has 0 unspecified atom stereocenters. The number of hydrogen-bond donors (Lipinski definition) is 0. The highest BCUT2D eigenvalue weighted by atomic mass is 16.3. The monoisotopic (exact) mass is 719 g/mol. The average Bonchev–Trinajstić information content (AvgIpc) is 3.81. The van der Waals surface area contributed by atoms with Gasteiger partial charge in [-0.05, 0) is 86.5 Å². The lowest BCUT2D eigenvalue weighted by Gasteiger charge is -2.32.